The second-order valence-electron chi connectivity index (χ2n) is 14.3. The summed E-state index contributed by atoms with van der Waals surface area (Å²) in [6.07, 6.45) is 0. The first-order chi connectivity index (χ1) is 24.6. The maximum atomic E-state index is 4.80. The fourth-order valence-electron chi connectivity index (χ4n) is 7.91. The summed E-state index contributed by atoms with van der Waals surface area (Å²) in [6.45, 7) is 14.7. The van der Waals surface area contributed by atoms with Crippen LogP contribution in [0.4, 0.5) is 0 Å². The first kappa shape index (κ1) is 30.9. The molecule has 0 amide bonds. The third kappa shape index (κ3) is 5.03. The van der Waals surface area contributed by atoms with Crippen molar-refractivity contribution in [3.63, 3.8) is 0 Å². The van der Waals surface area contributed by atoms with Crippen molar-refractivity contribution < 1.29 is 0 Å². The minimum atomic E-state index is 0.678. The van der Waals surface area contributed by atoms with E-state index in [0.29, 0.717) is 17.5 Å². The standard InChI is InChI=1S/C46H39N5/c1-26-9-15-40-35(20-26)36-21-27(2)10-16-41(36)50(40)44-19-13-33(46-48-31(6)47-32(7)49-46)25-39(44)34-14-8-30(5)24-45(34)51-42-17-11-28(3)22-37(42)38-23-29(4)12-18-43(38)51/h8-25H,1-7H3. The molecule has 0 aliphatic carbocycles. The van der Waals surface area contributed by atoms with Crippen molar-refractivity contribution >= 4 is 43.6 Å². The Morgan fingerprint density at radius 1 is 0.353 bits per heavy atom. The first-order valence-electron chi connectivity index (χ1n) is 17.6. The molecule has 0 radical (unpaired) electrons. The van der Waals surface area contributed by atoms with Gasteiger partial charge in [-0.2, -0.15) is 0 Å². The highest BCUT2D eigenvalue weighted by Crippen LogP contribution is 2.42. The Morgan fingerprint density at radius 2 is 0.765 bits per heavy atom. The van der Waals surface area contributed by atoms with Gasteiger partial charge in [0.1, 0.15) is 11.6 Å². The maximum absolute atomic E-state index is 4.80. The van der Waals surface area contributed by atoms with Gasteiger partial charge in [-0.1, -0.05) is 58.7 Å². The lowest BCUT2D eigenvalue weighted by Gasteiger charge is -2.20. The third-order valence-electron chi connectivity index (χ3n) is 10.2. The molecule has 0 bridgehead atoms. The average Bonchev–Trinajstić information content (AvgIpc) is 3.58. The molecule has 5 heteroatoms. The van der Waals surface area contributed by atoms with E-state index in [4.69, 9.17) is 9.97 Å². The Kier molecular flexibility index (Phi) is 6.97. The van der Waals surface area contributed by atoms with Gasteiger partial charge in [0.25, 0.3) is 0 Å². The van der Waals surface area contributed by atoms with E-state index in [1.807, 2.05) is 13.8 Å². The maximum Gasteiger partial charge on any atom is 0.163 e. The zero-order valence-electron chi connectivity index (χ0n) is 30.1. The predicted molar refractivity (Wildman–Crippen MR) is 213 cm³/mol. The molecule has 0 unspecified atom stereocenters. The molecule has 0 atom stereocenters. The molecule has 9 rings (SSSR count). The lowest BCUT2D eigenvalue weighted by Crippen LogP contribution is -2.04. The van der Waals surface area contributed by atoms with Crippen molar-refractivity contribution in [1.29, 1.82) is 0 Å². The van der Waals surface area contributed by atoms with Crippen LogP contribution in [0.3, 0.4) is 0 Å². The minimum absolute atomic E-state index is 0.678. The molecule has 9 aromatic rings. The van der Waals surface area contributed by atoms with Gasteiger partial charge in [-0.25, -0.2) is 15.0 Å². The van der Waals surface area contributed by atoms with Gasteiger partial charge in [0.2, 0.25) is 0 Å². The second-order valence-corrected chi connectivity index (χ2v) is 14.3. The lowest BCUT2D eigenvalue weighted by molar-refractivity contribution is 0.928. The number of aromatic nitrogens is 5. The van der Waals surface area contributed by atoms with Crippen molar-refractivity contribution in [2.45, 2.75) is 48.5 Å². The number of fused-ring (bicyclic) bond motifs is 6. The molecule has 3 aromatic heterocycles. The van der Waals surface area contributed by atoms with E-state index in [0.717, 1.165) is 28.1 Å². The summed E-state index contributed by atoms with van der Waals surface area (Å²) >= 11 is 0. The molecule has 51 heavy (non-hydrogen) atoms. The summed E-state index contributed by atoms with van der Waals surface area (Å²) < 4.78 is 4.90. The van der Waals surface area contributed by atoms with Gasteiger partial charge in [-0.05, 0) is 127 Å². The minimum Gasteiger partial charge on any atom is -0.309 e. The Bertz CT molecular complexity index is 2750. The van der Waals surface area contributed by atoms with Crippen LogP contribution >= 0.6 is 0 Å². The van der Waals surface area contributed by atoms with Gasteiger partial charge >= 0.3 is 0 Å². The van der Waals surface area contributed by atoms with Crippen LogP contribution in [0, 0.1) is 48.5 Å². The number of aryl methyl sites for hydroxylation is 7. The topological polar surface area (TPSA) is 48.5 Å². The van der Waals surface area contributed by atoms with Crippen molar-refractivity contribution in [1.82, 2.24) is 24.1 Å². The van der Waals surface area contributed by atoms with E-state index < -0.39 is 0 Å². The highest BCUT2D eigenvalue weighted by Gasteiger charge is 2.22. The second kappa shape index (κ2) is 11.5. The monoisotopic (exact) mass is 661 g/mol. The molecule has 0 aliphatic heterocycles. The van der Waals surface area contributed by atoms with Crippen LogP contribution in [0.2, 0.25) is 0 Å². The molecule has 0 fully saturated rings. The van der Waals surface area contributed by atoms with Crippen LogP contribution in [0.15, 0.2) is 109 Å². The number of hydrogen-bond donors (Lipinski definition) is 0. The van der Waals surface area contributed by atoms with Gasteiger partial charge < -0.3 is 9.13 Å². The smallest absolute Gasteiger partial charge is 0.163 e. The summed E-state index contributed by atoms with van der Waals surface area (Å²) in [5.74, 6) is 2.10. The van der Waals surface area contributed by atoms with Gasteiger partial charge in [-0.3, -0.25) is 0 Å². The molecule has 0 N–H and O–H groups in total. The van der Waals surface area contributed by atoms with Crippen molar-refractivity contribution in [3.05, 3.63) is 149 Å². The van der Waals surface area contributed by atoms with Crippen LogP contribution in [0.1, 0.15) is 39.5 Å². The van der Waals surface area contributed by atoms with E-state index in [-0.39, 0.29) is 0 Å². The number of benzene rings is 6. The first-order valence-corrected chi connectivity index (χ1v) is 17.6. The summed E-state index contributed by atoms with van der Waals surface area (Å²) in [5, 5.41) is 5.04. The molecule has 248 valence electrons. The molecule has 0 saturated carbocycles. The van der Waals surface area contributed by atoms with Gasteiger partial charge in [0.05, 0.1) is 33.4 Å². The van der Waals surface area contributed by atoms with Gasteiger partial charge in [0.15, 0.2) is 5.82 Å². The SMILES string of the molecule is Cc1ccc(-c2cc(-c3nc(C)nc(C)n3)ccc2-n2c3ccc(C)cc3c3cc(C)ccc32)c(-n2c3ccc(C)cc3c3cc(C)ccc32)c1. The summed E-state index contributed by atoms with van der Waals surface area (Å²) in [5.41, 5.74) is 16.4. The molecule has 0 saturated heterocycles. The quantitative estimate of drug-likeness (QED) is 0.189. The fourth-order valence-corrected chi connectivity index (χ4v) is 7.91. The van der Waals surface area contributed by atoms with Crippen molar-refractivity contribution in [3.8, 4) is 33.9 Å². The lowest BCUT2D eigenvalue weighted by atomic mass is 9.96. The van der Waals surface area contributed by atoms with Gasteiger partial charge in [0, 0.05) is 38.2 Å². The number of rotatable bonds is 4. The average molecular weight is 662 g/mol. The van der Waals surface area contributed by atoms with E-state index in [1.54, 1.807) is 0 Å². The van der Waals surface area contributed by atoms with E-state index in [1.165, 1.54) is 71.4 Å². The zero-order valence-corrected chi connectivity index (χ0v) is 30.1. The summed E-state index contributed by atoms with van der Waals surface area (Å²) in [7, 11) is 0. The third-order valence-corrected chi connectivity index (χ3v) is 10.2. The van der Waals surface area contributed by atoms with E-state index in [2.05, 4.69) is 158 Å². The highest BCUT2D eigenvalue weighted by molar-refractivity contribution is 6.12. The van der Waals surface area contributed by atoms with E-state index in [9.17, 15) is 0 Å². The van der Waals surface area contributed by atoms with E-state index >= 15 is 0 Å². The number of hydrogen-bond acceptors (Lipinski definition) is 3. The summed E-state index contributed by atoms with van der Waals surface area (Å²) in [6, 6.07) is 40.8. The van der Waals surface area contributed by atoms with Crippen molar-refractivity contribution in [2.24, 2.45) is 0 Å². The van der Waals surface area contributed by atoms with Crippen LogP contribution in [-0.2, 0) is 0 Å². The van der Waals surface area contributed by atoms with Crippen LogP contribution in [-0.4, -0.2) is 24.1 Å². The molecule has 0 aliphatic rings. The highest BCUT2D eigenvalue weighted by atomic mass is 15.0. The molecule has 3 heterocycles. The van der Waals surface area contributed by atoms with Crippen LogP contribution in [0.5, 0.6) is 0 Å². The summed E-state index contributed by atoms with van der Waals surface area (Å²) in [4.78, 5) is 14.1. The molecule has 0 spiro atoms. The van der Waals surface area contributed by atoms with Crippen molar-refractivity contribution in [2.75, 3.05) is 0 Å². The largest absolute Gasteiger partial charge is 0.309 e. The Morgan fingerprint density at radius 3 is 1.24 bits per heavy atom. The Hall–Kier alpha value is -6.07. The predicted octanol–water partition coefficient (Wildman–Crippen LogP) is 11.6. The van der Waals surface area contributed by atoms with Crippen LogP contribution in [0.25, 0.3) is 77.5 Å². The Balaban J connectivity index is 1.42. The zero-order chi connectivity index (χ0) is 35.1. The normalized spacial score (nSPS) is 11.8. The molecule has 6 aromatic carbocycles. The fraction of sp³-hybridized carbons (Fsp3) is 0.152. The Labute approximate surface area is 297 Å². The molecular weight excluding hydrogens is 623 g/mol. The van der Waals surface area contributed by atoms with Gasteiger partial charge in [-0.15, -0.1) is 0 Å². The molecule has 5 nitrogen and oxygen atoms in total. The molecular formula is C46H39N5. The van der Waals surface area contributed by atoms with Crippen LogP contribution < -0.4 is 0 Å². The number of nitrogens with zero attached hydrogens (tertiary/aromatic N) is 5.